The van der Waals surface area contributed by atoms with Gasteiger partial charge in [-0.05, 0) is 61.5 Å². The van der Waals surface area contributed by atoms with Gasteiger partial charge in [0.1, 0.15) is 5.76 Å². The van der Waals surface area contributed by atoms with Crippen LogP contribution in [0.15, 0.2) is 77.2 Å². The number of nitrogens with zero attached hydrogens (tertiary/aromatic N) is 1. The average Bonchev–Trinajstić information content (AvgIpc) is 3.23. The van der Waals surface area contributed by atoms with Crippen LogP contribution in [0.25, 0.3) is 0 Å². The quantitative estimate of drug-likeness (QED) is 0.640. The molecule has 1 N–H and O–H groups in total. The molecule has 1 fully saturated rings. The van der Waals surface area contributed by atoms with Crippen molar-refractivity contribution in [2.24, 2.45) is 5.92 Å². The van der Waals surface area contributed by atoms with Crippen LogP contribution in [0.2, 0.25) is 0 Å². The first kappa shape index (κ1) is 19.5. The van der Waals surface area contributed by atoms with Crippen molar-refractivity contribution in [1.82, 2.24) is 10.2 Å². The van der Waals surface area contributed by atoms with Crippen molar-refractivity contribution in [2.75, 3.05) is 13.1 Å². The van der Waals surface area contributed by atoms with Crippen LogP contribution in [0.1, 0.15) is 40.3 Å². The van der Waals surface area contributed by atoms with Crippen LogP contribution < -0.4 is 5.32 Å². The van der Waals surface area contributed by atoms with Crippen LogP contribution in [0.3, 0.4) is 0 Å². The number of piperidine rings is 1. The first-order valence-electron chi connectivity index (χ1n) is 10.4. The summed E-state index contributed by atoms with van der Waals surface area (Å²) in [4.78, 5) is 14.7. The molecule has 1 aliphatic rings. The molecule has 0 atom stereocenters. The summed E-state index contributed by atoms with van der Waals surface area (Å²) in [6.07, 6.45) is 3.58. The second kappa shape index (κ2) is 9.57. The van der Waals surface area contributed by atoms with Gasteiger partial charge in [0.2, 0.25) is 0 Å². The number of amides is 1. The molecule has 0 unspecified atom stereocenters. The Hall–Kier alpha value is -2.85. The van der Waals surface area contributed by atoms with E-state index in [-0.39, 0.29) is 5.91 Å². The number of hydrogen-bond donors (Lipinski definition) is 1. The zero-order valence-corrected chi connectivity index (χ0v) is 16.7. The molecular weight excluding hydrogens is 360 g/mol. The Morgan fingerprint density at radius 2 is 1.55 bits per heavy atom. The van der Waals surface area contributed by atoms with Crippen LogP contribution in [-0.2, 0) is 19.5 Å². The number of carbonyl (C=O) groups excluding carboxylic acids is 1. The van der Waals surface area contributed by atoms with Crippen LogP contribution in [0.5, 0.6) is 0 Å². The zero-order chi connectivity index (χ0) is 19.9. The number of furan rings is 1. The smallest absolute Gasteiger partial charge is 0.287 e. The Balaban J connectivity index is 1.23. The molecule has 1 aromatic heterocycles. The van der Waals surface area contributed by atoms with Crippen LogP contribution in [-0.4, -0.2) is 23.9 Å². The van der Waals surface area contributed by atoms with Gasteiger partial charge in [-0.1, -0.05) is 60.7 Å². The van der Waals surface area contributed by atoms with E-state index in [1.165, 1.54) is 24.8 Å². The van der Waals surface area contributed by atoms with Gasteiger partial charge in [0.25, 0.3) is 5.91 Å². The lowest BCUT2D eigenvalue weighted by Gasteiger charge is -2.31. The van der Waals surface area contributed by atoms with Gasteiger partial charge in [-0.25, -0.2) is 0 Å². The molecule has 1 saturated heterocycles. The number of nitrogens with one attached hydrogen (secondary N) is 1. The molecule has 1 amide bonds. The third-order valence-corrected chi connectivity index (χ3v) is 5.64. The van der Waals surface area contributed by atoms with E-state index in [2.05, 4.69) is 40.5 Å². The summed E-state index contributed by atoms with van der Waals surface area (Å²) in [5.41, 5.74) is 2.51. The lowest BCUT2D eigenvalue weighted by atomic mass is 9.90. The SMILES string of the molecule is O=C(NCc1ccccc1)c1ccc(CN2CCC(Cc3ccccc3)CC2)o1. The molecule has 4 rings (SSSR count). The average molecular weight is 389 g/mol. The number of hydrogen-bond acceptors (Lipinski definition) is 3. The standard InChI is InChI=1S/C25H28N2O2/c28-25(26-18-22-9-5-2-6-10-22)24-12-11-23(29-24)19-27-15-13-21(14-16-27)17-20-7-3-1-4-8-20/h1-12,21H,13-19H2,(H,26,28). The predicted octanol–water partition coefficient (Wildman–Crippen LogP) is 4.66. The highest BCUT2D eigenvalue weighted by Crippen LogP contribution is 2.23. The van der Waals surface area contributed by atoms with Crippen LogP contribution in [0.4, 0.5) is 0 Å². The Bertz CT molecular complexity index is 897. The summed E-state index contributed by atoms with van der Waals surface area (Å²) < 4.78 is 5.81. The summed E-state index contributed by atoms with van der Waals surface area (Å²) in [6, 6.07) is 24.4. The Morgan fingerprint density at radius 1 is 0.897 bits per heavy atom. The highest BCUT2D eigenvalue weighted by molar-refractivity contribution is 5.91. The van der Waals surface area contributed by atoms with E-state index in [4.69, 9.17) is 4.42 Å². The minimum atomic E-state index is -0.165. The lowest BCUT2D eigenvalue weighted by Crippen LogP contribution is -2.33. The maximum Gasteiger partial charge on any atom is 0.287 e. The second-order valence-electron chi connectivity index (χ2n) is 7.84. The van der Waals surface area contributed by atoms with Gasteiger partial charge in [0.05, 0.1) is 6.54 Å². The maximum absolute atomic E-state index is 12.3. The molecular formula is C25H28N2O2. The molecule has 0 radical (unpaired) electrons. The minimum Gasteiger partial charge on any atom is -0.455 e. The lowest BCUT2D eigenvalue weighted by molar-refractivity contribution is 0.0917. The van der Waals surface area contributed by atoms with E-state index in [1.54, 1.807) is 6.07 Å². The first-order valence-corrected chi connectivity index (χ1v) is 10.4. The number of rotatable bonds is 7. The predicted molar refractivity (Wildman–Crippen MR) is 114 cm³/mol. The van der Waals surface area contributed by atoms with E-state index >= 15 is 0 Å². The normalized spacial score (nSPS) is 15.3. The molecule has 3 aromatic rings. The summed E-state index contributed by atoms with van der Waals surface area (Å²) >= 11 is 0. The fourth-order valence-corrected chi connectivity index (χ4v) is 3.97. The molecule has 2 heterocycles. The zero-order valence-electron chi connectivity index (χ0n) is 16.7. The summed E-state index contributed by atoms with van der Waals surface area (Å²) in [5.74, 6) is 1.83. The minimum absolute atomic E-state index is 0.165. The first-order chi connectivity index (χ1) is 14.3. The molecule has 0 spiro atoms. The highest BCUT2D eigenvalue weighted by atomic mass is 16.4. The Morgan fingerprint density at radius 3 is 2.24 bits per heavy atom. The third-order valence-electron chi connectivity index (χ3n) is 5.64. The fourth-order valence-electron chi connectivity index (χ4n) is 3.97. The topological polar surface area (TPSA) is 45.5 Å². The highest BCUT2D eigenvalue weighted by Gasteiger charge is 2.21. The van der Waals surface area contributed by atoms with Gasteiger partial charge in [-0.2, -0.15) is 0 Å². The Kier molecular flexibility index (Phi) is 6.42. The van der Waals surface area contributed by atoms with Crippen LogP contribution >= 0.6 is 0 Å². The second-order valence-corrected chi connectivity index (χ2v) is 7.84. The van der Waals surface area contributed by atoms with E-state index in [0.717, 1.165) is 36.9 Å². The van der Waals surface area contributed by atoms with Crippen molar-refractivity contribution >= 4 is 5.91 Å². The molecule has 0 aliphatic carbocycles. The van der Waals surface area contributed by atoms with Crippen molar-refractivity contribution in [1.29, 1.82) is 0 Å². The summed E-state index contributed by atoms with van der Waals surface area (Å²) in [6.45, 7) is 3.43. The van der Waals surface area contributed by atoms with Crippen molar-refractivity contribution in [2.45, 2.75) is 32.4 Å². The molecule has 0 saturated carbocycles. The monoisotopic (exact) mass is 388 g/mol. The molecule has 4 heteroatoms. The summed E-state index contributed by atoms with van der Waals surface area (Å²) in [5, 5.41) is 2.91. The van der Waals surface area contributed by atoms with Crippen molar-refractivity contribution in [3.05, 3.63) is 95.4 Å². The molecule has 29 heavy (non-hydrogen) atoms. The maximum atomic E-state index is 12.3. The third kappa shape index (κ3) is 5.58. The van der Waals surface area contributed by atoms with E-state index in [9.17, 15) is 4.79 Å². The van der Waals surface area contributed by atoms with Gasteiger partial charge in [0.15, 0.2) is 5.76 Å². The van der Waals surface area contributed by atoms with Crippen molar-refractivity contribution < 1.29 is 9.21 Å². The van der Waals surface area contributed by atoms with E-state index in [1.807, 2.05) is 36.4 Å². The van der Waals surface area contributed by atoms with E-state index in [0.29, 0.717) is 12.3 Å². The molecule has 0 bridgehead atoms. The number of likely N-dealkylation sites (tertiary alicyclic amines) is 1. The van der Waals surface area contributed by atoms with Gasteiger partial charge in [-0.15, -0.1) is 0 Å². The number of benzene rings is 2. The molecule has 2 aromatic carbocycles. The fraction of sp³-hybridized carbons (Fsp3) is 0.320. The number of carbonyl (C=O) groups is 1. The van der Waals surface area contributed by atoms with Gasteiger partial charge >= 0.3 is 0 Å². The largest absolute Gasteiger partial charge is 0.455 e. The van der Waals surface area contributed by atoms with Gasteiger partial charge in [-0.3, -0.25) is 9.69 Å². The van der Waals surface area contributed by atoms with Crippen molar-refractivity contribution in [3.63, 3.8) is 0 Å². The summed E-state index contributed by atoms with van der Waals surface area (Å²) in [7, 11) is 0. The van der Waals surface area contributed by atoms with Gasteiger partial charge < -0.3 is 9.73 Å². The van der Waals surface area contributed by atoms with Crippen molar-refractivity contribution in [3.8, 4) is 0 Å². The van der Waals surface area contributed by atoms with E-state index < -0.39 is 0 Å². The van der Waals surface area contributed by atoms with Crippen LogP contribution in [0, 0.1) is 5.92 Å². The molecule has 4 nitrogen and oxygen atoms in total. The van der Waals surface area contributed by atoms with Gasteiger partial charge in [0, 0.05) is 6.54 Å². The molecule has 150 valence electrons. The Labute approximate surface area is 172 Å². The molecule has 1 aliphatic heterocycles.